The lowest BCUT2D eigenvalue weighted by atomic mass is 9.86. The minimum Gasteiger partial charge on any atom is -0.497 e. The highest BCUT2D eigenvalue weighted by Crippen LogP contribution is 2.30. The summed E-state index contributed by atoms with van der Waals surface area (Å²) >= 11 is 3.50. The number of methoxy groups -OCH3 is 2. The van der Waals surface area contributed by atoms with Crippen molar-refractivity contribution in [2.75, 3.05) is 14.2 Å². The fraction of sp³-hybridized carbons (Fsp3) is 0.294. The van der Waals surface area contributed by atoms with Crippen LogP contribution in [0.4, 0.5) is 0 Å². The van der Waals surface area contributed by atoms with Crippen molar-refractivity contribution in [2.24, 2.45) is 5.73 Å². The molecule has 2 aromatic rings. The fourth-order valence-electron chi connectivity index (χ4n) is 2.35. The van der Waals surface area contributed by atoms with Gasteiger partial charge in [-0.1, -0.05) is 28.1 Å². The van der Waals surface area contributed by atoms with Gasteiger partial charge in [-0.05, 0) is 54.8 Å². The molecule has 0 aliphatic rings. The summed E-state index contributed by atoms with van der Waals surface area (Å²) in [5, 5.41) is 0. The molecular weight excluding hydrogens is 330 g/mol. The molecule has 0 saturated heterocycles. The first kappa shape index (κ1) is 15.9. The molecule has 2 aromatic carbocycles. The molecule has 3 nitrogen and oxygen atoms in total. The zero-order valence-electron chi connectivity index (χ0n) is 12.5. The maximum absolute atomic E-state index is 6.52. The molecule has 21 heavy (non-hydrogen) atoms. The molecule has 0 heterocycles. The first-order valence-corrected chi connectivity index (χ1v) is 7.51. The van der Waals surface area contributed by atoms with Crippen LogP contribution in [0.2, 0.25) is 0 Å². The van der Waals surface area contributed by atoms with Crippen LogP contribution in [-0.2, 0) is 12.0 Å². The molecule has 1 unspecified atom stereocenters. The summed E-state index contributed by atoms with van der Waals surface area (Å²) in [6, 6.07) is 13.8. The van der Waals surface area contributed by atoms with Gasteiger partial charge < -0.3 is 15.2 Å². The first-order chi connectivity index (χ1) is 9.96. The van der Waals surface area contributed by atoms with Crippen molar-refractivity contribution in [2.45, 2.75) is 18.9 Å². The van der Waals surface area contributed by atoms with Crippen molar-refractivity contribution in [3.05, 3.63) is 58.1 Å². The molecule has 0 aromatic heterocycles. The minimum atomic E-state index is -0.486. The van der Waals surface area contributed by atoms with E-state index in [1.165, 1.54) is 0 Å². The molecule has 0 spiro atoms. The average molecular weight is 350 g/mol. The maximum Gasteiger partial charge on any atom is 0.122 e. The zero-order valence-corrected chi connectivity index (χ0v) is 14.1. The van der Waals surface area contributed by atoms with Crippen molar-refractivity contribution in [3.63, 3.8) is 0 Å². The Morgan fingerprint density at radius 2 is 1.71 bits per heavy atom. The van der Waals surface area contributed by atoms with Gasteiger partial charge in [0.2, 0.25) is 0 Å². The number of ether oxygens (including phenoxy) is 2. The van der Waals surface area contributed by atoms with Gasteiger partial charge in [-0.15, -0.1) is 0 Å². The molecule has 2 N–H and O–H groups in total. The van der Waals surface area contributed by atoms with E-state index in [0.29, 0.717) is 6.42 Å². The number of rotatable bonds is 5. The number of hydrogen-bond acceptors (Lipinski definition) is 3. The summed E-state index contributed by atoms with van der Waals surface area (Å²) in [6.45, 7) is 2.02. The van der Waals surface area contributed by atoms with Gasteiger partial charge in [0, 0.05) is 10.0 Å². The topological polar surface area (TPSA) is 44.5 Å². The van der Waals surface area contributed by atoms with Crippen molar-refractivity contribution in [1.29, 1.82) is 0 Å². The lowest BCUT2D eigenvalue weighted by Crippen LogP contribution is -2.35. The van der Waals surface area contributed by atoms with Gasteiger partial charge in [0.15, 0.2) is 0 Å². The molecule has 4 heteroatoms. The lowest BCUT2D eigenvalue weighted by molar-refractivity contribution is 0.399. The van der Waals surface area contributed by atoms with Gasteiger partial charge in [-0.2, -0.15) is 0 Å². The van der Waals surface area contributed by atoms with Crippen molar-refractivity contribution in [1.82, 2.24) is 0 Å². The summed E-state index contributed by atoms with van der Waals surface area (Å²) < 4.78 is 11.6. The first-order valence-electron chi connectivity index (χ1n) is 6.72. The van der Waals surface area contributed by atoms with E-state index in [-0.39, 0.29) is 0 Å². The Balaban J connectivity index is 2.29. The Labute approximate surface area is 134 Å². The van der Waals surface area contributed by atoms with E-state index < -0.39 is 5.54 Å². The number of halogens is 1. The molecule has 112 valence electrons. The summed E-state index contributed by atoms with van der Waals surface area (Å²) in [4.78, 5) is 0. The second kappa shape index (κ2) is 6.50. The minimum absolute atomic E-state index is 0.486. The van der Waals surface area contributed by atoms with Crippen LogP contribution in [0, 0.1) is 0 Å². The summed E-state index contributed by atoms with van der Waals surface area (Å²) in [6.07, 6.45) is 0.682. The number of hydrogen-bond donors (Lipinski definition) is 1. The number of benzene rings is 2. The van der Waals surface area contributed by atoms with Crippen molar-refractivity contribution < 1.29 is 9.47 Å². The van der Waals surface area contributed by atoms with Gasteiger partial charge in [0.25, 0.3) is 0 Å². The van der Waals surface area contributed by atoms with E-state index in [1.54, 1.807) is 14.2 Å². The Hall–Kier alpha value is -1.52. The Kier molecular flexibility index (Phi) is 4.91. The van der Waals surface area contributed by atoms with Crippen LogP contribution in [0.15, 0.2) is 46.9 Å². The highest BCUT2D eigenvalue weighted by atomic mass is 79.9. The molecular formula is C17H20BrNO2. The standard InChI is InChI=1S/C17H20BrNO2/c1-17(19,13-4-7-15(20-2)8-5-13)11-12-10-14(18)6-9-16(12)21-3/h4-10H,11,19H2,1-3H3. The highest BCUT2D eigenvalue weighted by molar-refractivity contribution is 9.10. The maximum atomic E-state index is 6.52. The zero-order chi connectivity index (χ0) is 15.5. The van der Waals surface area contributed by atoms with Gasteiger partial charge in [-0.3, -0.25) is 0 Å². The molecule has 1 atom stereocenters. The van der Waals surface area contributed by atoms with E-state index in [0.717, 1.165) is 27.1 Å². The summed E-state index contributed by atoms with van der Waals surface area (Å²) in [5.74, 6) is 1.68. The van der Waals surface area contributed by atoms with Gasteiger partial charge in [0.05, 0.1) is 14.2 Å². The average Bonchev–Trinajstić information content (AvgIpc) is 2.47. The molecule has 0 amide bonds. The van der Waals surface area contributed by atoms with E-state index in [2.05, 4.69) is 15.9 Å². The van der Waals surface area contributed by atoms with Crippen LogP contribution in [-0.4, -0.2) is 14.2 Å². The van der Waals surface area contributed by atoms with Crippen LogP contribution in [0.1, 0.15) is 18.1 Å². The highest BCUT2D eigenvalue weighted by Gasteiger charge is 2.23. The fourth-order valence-corrected chi connectivity index (χ4v) is 2.76. The van der Waals surface area contributed by atoms with Gasteiger partial charge in [-0.25, -0.2) is 0 Å². The predicted octanol–water partition coefficient (Wildman–Crippen LogP) is 3.88. The monoisotopic (exact) mass is 349 g/mol. The van der Waals surface area contributed by atoms with Crippen LogP contribution in [0.25, 0.3) is 0 Å². The molecule has 2 rings (SSSR count). The third-order valence-electron chi connectivity index (χ3n) is 3.55. The SMILES string of the molecule is COc1ccc(C(C)(N)Cc2cc(Br)ccc2OC)cc1. The predicted molar refractivity (Wildman–Crippen MR) is 88.9 cm³/mol. The van der Waals surface area contributed by atoms with E-state index in [1.807, 2.05) is 49.4 Å². The summed E-state index contributed by atoms with van der Waals surface area (Å²) in [5.41, 5.74) is 8.17. The van der Waals surface area contributed by atoms with Crippen LogP contribution in [0.5, 0.6) is 11.5 Å². The van der Waals surface area contributed by atoms with E-state index >= 15 is 0 Å². The molecule has 0 bridgehead atoms. The van der Waals surface area contributed by atoms with Gasteiger partial charge >= 0.3 is 0 Å². The quantitative estimate of drug-likeness (QED) is 0.890. The molecule has 0 aliphatic carbocycles. The van der Waals surface area contributed by atoms with Crippen molar-refractivity contribution >= 4 is 15.9 Å². The van der Waals surface area contributed by atoms with Crippen molar-refractivity contribution in [3.8, 4) is 11.5 Å². The van der Waals surface area contributed by atoms with Gasteiger partial charge in [0.1, 0.15) is 11.5 Å². The molecule has 0 fully saturated rings. The molecule has 0 aliphatic heterocycles. The lowest BCUT2D eigenvalue weighted by Gasteiger charge is -2.26. The van der Waals surface area contributed by atoms with Crippen LogP contribution in [0.3, 0.4) is 0 Å². The second-order valence-corrected chi connectivity index (χ2v) is 6.19. The molecule has 0 radical (unpaired) electrons. The Morgan fingerprint density at radius 1 is 1.05 bits per heavy atom. The normalized spacial score (nSPS) is 13.6. The second-order valence-electron chi connectivity index (χ2n) is 5.28. The molecule has 0 saturated carbocycles. The van der Waals surface area contributed by atoms with Crippen LogP contribution < -0.4 is 15.2 Å². The van der Waals surface area contributed by atoms with Crippen LogP contribution >= 0.6 is 15.9 Å². The van der Waals surface area contributed by atoms with E-state index in [4.69, 9.17) is 15.2 Å². The number of nitrogens with two attached hydrogens (primary N) is 1. The summed E-state index contributed by atoms with van der Waals surface area (Å²) in [7, 11) is 3.33. The third kappa shape index (κ3) is 3.77. The van der Waals surface area contributed by atoms with E-state index in [9.17, 15) is 0 Å². The largest absolute Gasteiger partial charge is 0.497 e. The smallest absolute Gasteiger partial charge is 0.122 e. The Bertz CT molecular complexity index is 609. The third-order valence-corrected chi connectivity index (χ3v) is 4.04. The Morgan fingerprint density at radius 3 is 2.29 bits per heavy atom.